The number of carboxylic acids is 1. The summed E-state index contributed by atoms with van der Waals surface area (Å²) in [6.45, 7) is 0.201. The Bertz CT molecular complexity index is 494. The number of carboxylic acid groups (broad SMARTS) is 1. The Morgan fingerprint density at radius 2 is 2.17 bits per heavy atom. The van der Waals surface area contributed by atoms with Crippen molar-refractivity contribution in [3.05, 3.63) is 30.1 Å². The number of hydrogen-bond acceptors (Lipinski definition) is 4. The highest BCUT2D eigenvalue weighted by Crippen LogP contribution is 2.24. The first kappa shape index (κ1) is 12.3. The van der Waals surface area contributed by atoms with Crippen LogP contribution in [0.4, 0.5) is 10.1 Å². The van der Waals surface area contributed by atoms with E-state index in [0.717, 1.165) is 5.01 Å². The first-order valence-corrected chi connectivity index (χ1v) is 5.26. The van der Waals surface area contributed by atoms with Crippen LogP contribution in [0.5, 0.6) is 0 Å². The molecule has 1 fully saturated rings. The fourth-order valence-electron chi connectivity index (χ4n) is 1.82. The molecule has 1 aliphatic rings. The molecule has 1 saturated heterocycles. The zero-order valence-corrected chi connectivity index (χ0v) is 9.28. The molecule has 0 saturated carbocycles. The summed E-state index contributed by atoms with van der Waals surface area (Å²) in [7, 11) is 0. The summed E-state index contributed by atoms with van der Waals surface area (Å²) in [6.07, 6.45) is -1.90. The summed E-state index contributed by atoms with van der Waals surface area (Å²) in [5, 5.41) is 20.2. The maximum atomic E-state index is 13.1. The Morgan fingerprint density at radius 3 is 2.78 bits per heavy atom. The molecule has 1 atom stereocenters. The molecule has 2 rings (SSSR count). The molecule has 6 nitrogen and oxygen atoms in total. The van der Waals surface area contributed by atoms with Crippen LogP contribution in [0.3, 0.4) is 0 Å². The number of aliphatic hydroxyl groups excluding tert-OH is 1. The zero-order chi connectivity index (χ0) is 13.3. The summed E-state index contributed by atoms with van der Waals surface area (Å²) in [5.74, 6) is -2.56. The first-order chi connectivity index (χ1) is 8.50. The monoisotopic (exact) mass is 254 g/mol. The van der Waals surface area contributed by atoms with E-state index in [1.165, 1.54) is 29.3 Å². The maximum absolute atomic E-state index is 13.1. The number of benzene rings is 1. The molecule has 0 spiro atoms. The van der Waals surface area contributed by atoms with Gasteiger partial charge in [-0.05, 0) is 18.2 Å². The summed E-state index contributed by atoms with van der Waals surface area (Å²) >= 11 is 0. The van der Waals surface area contributed by atoms with E-state index >= 15 is 0 Å². The van der Waals surface area contributed by atoms with Gasteiger partial charge in [0.15, 0.2) is 0 Å². The number of rotatable bonds is 3. The van der Waals surface area contributed by atoms with Gasteiger partial charge in [0.05, 0.1) is 5.69 Å². The van der Waals surface area contributed by atoms with Crippen LogP contribution >= 0.6 is 0 Å². The minimum Gasteiger partial charge on any atom is -0.478 e. The van der Waals surface area contributed by atoms with E-state index < -0.39 is 23.9 Å². The van der Waals surface area contributed by atoms with Gasteiger partial charge < -0.3 is 10.2 Å². The third-order valence-electron chi connectivity index (χ3n) is 2.61. The smallest absolute Gasteiger partial charge is 0.355 e. The predicted octanol–water partition coefficient (Wildman–Crippen LogP) is 0.182. The molecule has 2 N–H and O–H groups in total. The number of carbonyl (C=O) groups excluding carboxylic acids is 1. The number of halogens is 1. The van der Waals surface area contributed by atoms with Gasteiger partial charge in [-0.1, -0.05) is 6.07 Å². The van der Waals surface area contributed by atoms with E-state index in [2.05, 4.69) is 0 Å². The summed E-state index contributed by atoms with van der Waals surface area (Å²) in [6, 6.07) is 5.38. The van der Waals surface area contributed by atoms with Gasteiger partial charge in [-0.3, -0.25) is 9.80 Å². The highest BCUT2D eigenvalue weighted by atomic mass is 19.1. The van der Waals surface area contributed by atoms with Crippen LogP contribution in [-0.4, -0.2) is 39.9 Å². The molecule has 1 aromatic carbocycles. The van der Waals surface area contributed by atoms with Gasteiger partial charge in [0, 0.05) is 13.0 Å². The van der Waals surface area contributed by atoms with Crippen LogP contribution < -0.4 is 5.01 Å². The first-order valence-electron chi connectivity index (χ1n) is 5.26. The second kappa shape index (κ2) is 4.61. The molecule has 1 aromatic rings. The van der Waals surface area contributed by atoms with Crippen molar-refractivity contribution >= 4 is 17.6 Å². The third kappa shape index (κ3) is 2.12. The largest absolute Gasteiger partial charge is 0.478 e. The van der Waals surface area contributed by atoms with E-state index in [1.54, 1.807) is 0 Å². The fraction of sp³-hybridized carbons (Fsp3) is 0.273. The van der Waals surface area contributed by atoms with Gasteiger partial charge >= 0.3 is 5.97 Å². The lowest BCUT2D eigenvalue weighted by molar-refractivity contribution is -0.163. The van der Waals surface area contributed by atoms with E-state index in [9.17, 15) is 19.1 Å². The van der Waals surface area contributed by atoms with Crippen molar-refractivity contribution in [2.45, 2.75) is 12.6 Å². The van der Waals surface area contributed by atoms with Gasteiger partial charge in [-0.2, -0.15) is 0 Å². The molecule has 18 heavy (non-hydrogen) atoms. The van der Waals surface area contributed by atoms with Crippen molar-refractivity contribution < 1.29 is 24.2 Å². The van der Waals surface area contributed by atoms with Crippen LogP contribution in [0.25, 0.3) is 0 Å². The predicted molar refractivity (Wildman–Crippen MR) is 58.9 cm³/mol. The van der Waals surface area contributed by atoms with Gasteiger partial charge in [0.1, 0.15) is 5.82 Å². The lowest BCUT2D eigenvalue weighted by Gasteiger charge is -2.31. The molecular formula is C11H11FN2O4. The van der Waals surface area contributed by atoms with Crippen LogP contribution in [-0.2, 0) is 9.59 Å². The van der Waals surface area contributed by atoms with Gasteiger partial charge in [0.2, 0.25) is 12.1 Å². The van der Waals surface area contributed by atoms with Crippen LogP contribution in [0.2, 0.25) is 0 Å². The molecule has 0 aromatic heterocycles. The van der Waals surface area contributed by atoms with Crippen molar-refractivity contribution in [2.24, 2.45) is 0 Å². The van der Waals surface area contributed by atoms with E-state index in [0.29, 0.717) is 5.69 Å². The zero-order valence-electron chi connectivity index (χ0n) is 9.28. The number of aliphatic carboxylic acids is 1. The van der Waals surface area contributed by atoms with Gasteiger partial charge in [0.25, 0.3) is 0 Å². The molecule has 0 bridgehead atoms. The van der Waals surface area contributed by atoms with Crippen LogP contribution in [0.1, 0.15) is 6.42 Å². The van der Waals surface area contributed by atoms with Crippen molar-refractivity contribution in [2.75, 3.05) is 11.6 Å². The average molecular weight is 254 g/mol. The third-order valence-corrected chi connectivity index (χ3v) is 2.61. The van der Waals surface area contributed by atoms with Crippen molar-refractivity contribution in [1.29, 1.82) is 0 Å². The topological polar surface area (TPSA) is 81.1 Å². The number of carbonyl (C=O) groups is 2. The van der Waals surface area contributed by atoms with Crippen molar-refractivity contribution in [3.8, 4) is 0 Å². The van der Waals surface area contributed by atoms with Crippen molar-refractivity contribution in [3.63, 3.8) is 0 Å². The molecule has 7 heteroatoms. The molecule has 1 amide bonds. The Morgan fingerprint density at radius 1 is 1.44 bits per heavy atom. The quantitative estimate of drug-likeness (QED) is 0.804. The molecule has 1 heterocycles. The lowest BCUT2D eigenvalue weighted by Crippen LogP contribution is -2.50. The Labute approximate surface area is 102 Å². The Balaban J connectivity index is 2.32. The number of hydrogen-bond donors (Lipinski definition) is 2. The van der Waals surface area contributed by atoms with E-state index in [4.69, 9.17) is 5.11 Å². The van der Waals surface area contributed by atoms with Crippen LogP contribution in [0, 0.1) is 5.82 Å². The molecule has 96 valence electrons. The molecule has 1 unspecified atom stereocenters. The fourth-order valence-corrected chi connectivity index (χ4v) is 1.82. The van der Waals surface area contributed by atoms with E-state index in [1.807, 2.05) is 0 Å². The number of hydrazine groups is 1. The summed E-state index contributed by atoms with van der Waals surface area (Å²) in [4.78, 5) is 22.3. The molecule has 0 aliphatic carbocycles. The highest BCUT2D eigenvalue weighted by Gasteiger charge is 2.37. The van der Waals surface area contributed by atoms with E-state index in [-0.39, 0.29) is 13.0 Å². The lowest BCUT2D eigenvalue weighted by atomic mass is 10.3. The van der Waals surface area contributed by atoms with Crippen LogP contribution in [0.15, 0.2) is 24.3 Å². The number of anilines is 1. The molecule has 0 radical (unpaired) electrons. The Hall–Kier alpha value is -2.15. The minimum absolute atomic E-state index is 0.0703. The summed E-state index contributed by atoms with van der Waals surface area (Å²) < 4.78 is 13.1. The molecular weight excluding hydrogens is 243 g/mol. The highest BCUT2D eigenvalue weighted by molar-refractivity contribution is 5.86. The van der Waals surface area contributed by atoms with Gasteiger partial charge in [-0.15, -0.1) is 0 Å². The SMILES string of the molecule is O=C(O)C(O)N1C(=O)CCN1c1cccc(F)c1. The Kier molecular flexibility index (Phi) is 3.15. The summed E-state index contributed by atoms with van der Waals surface area (Å²) in [5.41, 5.74) is 0.321. The number of nitrogens with zero attached hydrogens (tertiary/aromatic N) is 2. The second-order valence-corrected chi connectivity index (χ2v) is 3.80. The second-order valence-electron chi connectivity index (χ2n) is 3.80. The number of aliphatic hydroxyl groups is 1. The normalized spacial score (nSPS) is 17.1. The maximum Gasteiger partial charge on any atom is 0.355 e. The van der Waals surface area contributed by atoms with Crippen molar-refractivity contribution in [1.82, 2.24) is 5.01 Å². The number of amides is 1. The standard InChI is InChI=1S/C11H11FN2O4/c12-7-2-1-3-8(6-7)13-5-4-9(15)14(13)10(16)11(17)18/h1-3,6,10,16H,4-5H2,(H,17,18). The molecule has 1 aliphatic heterocycles. The minimum atomic E-state index is -1.97. The average Bonchev–Trinajstić information content (AvgIpc) is 2.70. The van der Waals surface area contributed by atoms with Gasteiger partial charge in [-0.25, -0.2) is 14.2 Å².